The van der Waals surface area contributed by atoms with Crippen molar-refractivity contribution >= 4 is 31.7 Å². The number of hydrogen-bond donors (Lipinski definition) is 2. The normalized spacial score (nSPS) is 11.8. The van der Waals surface area contributed by atoms with Crippen LogP contribution in [0.25, 0.3) is 10.8 Å². The summed E-state index contributed by atoms with van der Waals surface area (Å²) in [6.07, 6.45) is 5.62. The number of carbonyl (C=O) groups is 2. The zero-order chi connectivity index (χ0) is 21.2. The van der Waals surface area contributed by atoms with Crippen LogP contribution in [0.15, 0.2) is 48.7 Å². The molecule has 0 saturated heterocycles. The van der Waals surface area contributed by atoms with Crippen molar-refractivity contribution in [3.8, 4) is 0 Å². The third kappa shape index (κ3) is 7.29. The summed E-state index contributed by atoms with van der Waals surface area (Å²) in [5.74, 6) is -0.228. The minimum Gasteiger partial charge on any atom is -0.389 e. The van der Waals surface area contributed by atoms with E-state index in [0.29, 0.717) is 12.0 Å². The van der Waals surface area contributed by atoms with Gasteiger partial charge in [-0.3, -0.25) is 9.59 Å². The first-order valence-corrected chi connectivity index (χ1v) is 11.2. The van der Waals surface area contributed by atoms with Gasteiger partial charge in [-0.1, -0.05) is 44.2 Å². The quantitative estimate of drug-likeness (QED) is 0.395. The molecule has 5 heteroatoms. The number of benzene rings is 2. The van der Waals surface area contributed by atoms with E-state index in [2.05, 4.69) is 51.6 Å². The number of allylic oxidation sites excluding steroid dienone is 1. The number of unbranched alkanes of at least 4 members (excludes halogenated alkanes) is 1. The molecule has 1 amide bonds. The summed E-state index contributed by atoms with van der Waals surface area (Å²) >= 11 is 0. The Morgan fingerprint density at radius 3 is 2.52 bits per heavy atom. The molecule has 2 aromatic carbocycles. The fourth-order valence-electron chi connectivity index (χ4n) is 3.24. The number of carbonyl (C=O) groups excluding carboxylic acids is 2. The van der Waals surface area contributed by atoms with Gasteiger partial charge in [-0.2, -0.15) is 0 Å². The Hall–Kier alpha value is -2.19. The van der Waals surface area contributed by atoms with E-state index in [1.54, 1.807) is 0 Å². The highest BCUT2D eigenvalue weighted by Crippen LogP contribution is 2.19. The number of nitrogens with one attached hydrogen (secondary N) is 2. The molecule has 0 radical (unpaired) electrons. The molecule has 0 spiro atoms. The van der Waals surface area contributed by atoms with E-state index in [-0.39, 0.29) is 11.7 Å². The monoisotopic (exact) mass is 412 g/mol. The fraction of sp³-hybridized carbons (Fsp3) is 0.417. The van der Waals surface area contributed by atoms with Crippen LogP contribution in [0.4, 0.5) is 0 Å². The first kappa shape index (κ1) is 23.1. The summed E-state index contributed by atoms with van der Waals surface area (Å²) in [6.45, 7) is 8.35. The molecule has 0 bridgehead atoms. The molecule has 2 unspecified atom stereocenters. The van der Waals surface area contributed by atoms with Gasteiger partial charge in [0.05, 0.1) is 6.04 Å². The molecule has 0 heterocycles. The van der Waals surface area contributed by atoms with Gasteiger partial charge in [0.15, 0.2) is 5.78 Å². The van der Waals surface area contributed by atoms with Crippen LogP contribution in [0.2, 0.25) is 0 Å². The van der Waals surface area contributed by atoms with Crippen LogP contribution >= 0.6 is 9.24 Å². The van der Waals surface area contributed by atoms with Crippen molar-refractivity contribution in [1.82, 2.24) is 10.6 Å². The molecule has 0 aliphatic carbocycles. The molecule has 4 nitrogen and oxygen atoms in total. The smallest absolute Gasteiger partial charge is 0.251 e. The van der Waals surface area contributed by atoms with Crippen molar-refractivity contribution in [2.24, 2.45) is 0 Å². The Labute approximate surface area is 176 Å². The molecule has 0 aliphatic heterocycles. The van der Waals surface area contributed by atoms with Crippen molar-refractivity contribution in [1.29, 1.82) is 0 Å². The van der Waals surface area contributed by atoms with Crippen LogP contribution in [0.3, 0.4) is 0 Å². The highest BCUT2D eigenvalue weighted by Gasteiger charge is 2.18. The number of hydrogen-bond acceptors (Lipinski definition) is 3. The molecular weight excluding hydrogens is 379 g/mol. The average molecular weight is 413 g/mol. The molecule has 0 aromatic heterocycles. The molecule has 0 fully saturated rings. The van der Waals surface area contributed by atoms with Crippen LogP contribution in [0.1, 0.15) is 55.5 Å². The molecule has 2 atom stereocenters. The average Bonchev–Trinajstić information content (AvgIpc) is 2.73. The van der Waals surface area contributed by atoms with Gasteiger partial charge in [0, 0.05) is 24.0 Å². The second kappa shape index (κ2) is 11.7. The minimum absolute atomic E-state index is 0.0235. The van der Waals surface area contributed by atoms with Gasteiger partial charge in [-0.25, -0.2) is 0 Å². The number of amides is 1. The largest absolute Gasteiger partial charge is 0.389 e. The van der Waals surface area contributed by atoms with Gasteiger partial charge in [-0.15, -0.1) is 9.24 Å². The third-order valence-corrected chi connectivity index (χ3v) is 5.57. The van der Waals surface area contributed by atoms with Crippen molar-refractivity contribution in [2.45, 2.75) is 52.0 Å². The van der Waals surface area contributed by atoms with E-state index in [1.165, 1.54) is 25.3 Å². The van der Waals surface area contributed by atoms with Crippen LogP contribution in [-0.4, -0.2) is 30.4 Å². The Kier molecular flexibility index (Phi) is 9.34. The molecule has 0 saturated carbocycles. The first-order valence-electron chi connectivity index (χ1n) is 10.4. The van der Waals surface area contributed by atoms with Gasteiger partial charge >= 0.3 is 0 Å². The van der Waals surface area contributed by atoms with E-state index in [1.807, 2.05) is 18.2 Å². The molecule has 2 rings (SSSR count). The maximum Gasteiger partial charge on any atom is 0.251 e. The Balaban J connectivity index is 2.00. The van der Waals surface area contributed by atoms with Crippen LogP contribution in [0.5, 0.6) is 0 Å². The molecule has 2 aromatic rings. The summed E-state index contributed by atoms with van der Waals surface area (Å²) in [5.41, 5.74) is 2.86. The summed E-state index contributed by atoms with van der Waals surface area (Å²) in [5, 5.41) is 8.28. The Morgan fingerprint density at radius 1 is 1.10 bits per heavy atom. The molecule has 156 valence electrons. The zero-order valence-electron chi connectivity index (χ0n) is 17.6. The number of fused-ring (bicyclic) bond motifs is 1. The van der Waals surface area contributed by atoms with Crippen molar-refractivity contribution in [2.75, 3.05) is 12.7 Å². The second-order valence-corrected chi connectivity index (χ2v) is 7.92. The number of Topliss-reactive ketones (excluding diaryl/α,β-unsaturated/α-hetero) is 1. The number of rotatable bonds is 12. The highest BCUT2D eigenvalue weighted by atomic mass is 31.0. The lowest BCUT2D eigenvalue weighted by Crippen LogP contribution is -2.40. The van der Waals surface area contributed by atoms with E-state index < -0.39 is 6.04 Å². The van der Waals surface area contributed by atoms with Crippen LogP contribution < -0.4 is 10.6 Å². The molecule has 29 heavy (non-hydrogen) atoms. The lowest BCUT2D eigenvalue weighted by atomic mass is 10.0. The van der Waals surface area contributed by atoms with E-state index in [0.717, 1.165) is 42.0 Å². The van der Waals surface area contributed by atoms with Gasteiger partial charge in [0.2, 0.25) is 0 Å². The summed E-state index contributed by atoms with van der Waals surface area (Å²) in [6, 6.07) is 11.7. The van der Waals surface area contributed by atoms with Crippen LogP contribution in [-0.2, 0) is 11.2 Å². The van der Waals surface area contributed by atoms with E-state index in [4.69, 9.17) is 0 Å². The predicted octanol–water partition coefficient (Wildman–Crippen LogP) is 4.63. The topological polar surface area (TPSA) is 58.2 Å². The van der Waals surface area contributed by atoms with E-state index >= 15 is 0 Å². The van der Waals surface area contributed by atoms with Crippen molar-refractivity contribution in [3.05, 3.63) is 59.8 Å². The standard InChI is InChI=1S/C24H33N2O2P/c1-4-5-7-19-9-10-21-15-22(12-11-20(21)14-19)24(28)26-23(18(3)27)8-6-13-25-17(2)16-29/h9-12,14-15,23,25H,2,4-8,13,16,29H2,1,3H3,(H,26,28). The summed E-state index contributed by atoms with van der Waals surface area (Å²) < 4.78 is 0. The fourth-order valence-corrected chi connectivity index (χ4v) is 3.38. The van der Waals surface area contributed by atoms with Gasteiger partial charge in [0.25, 0.3) is 5.91 Å². The second-order valence-electron chi connectivity index (χ2n) is 7.51. The van der Waals surface area contributed by atoms with Gasteiger partial charge in [0.1, 0.15) is 0 Å². The lowest BCUT2D eigenvalue weighted by Gasteiger charge is -2.17. The minimum atomic E-state index is -0.472. The molecule has 2 N–H and O–H groups in total. The predicted molar refractivity (Wildman–Crippen MR) is 125 cm³/mol. The van der Waals surface area contributed by atoms with Crippen molar-refractivity contribution in [3.63, 3.8) is 0 Å². The molecular formula is C24H33N2O2P. The SMILES string of the molecule is C=C(CP)NCCCC(NC(=O)c1ccc2cc(CCCC)ccc2c1)C(C)=O. The Morgan fingerprint density at radius 2 is 1.83 bits per heavy atom. The maximum atomic E-state index is 12.7. The Bertz CT molecular complexity index is 863. The summed E-state index contributed by atoms with van der Waals surface area (Å²) in [7, 11) is 2.62. The van der Waals surface area contributed by atoms with Crippen LogP contribution in [0, 0.1) is 0 Å². The number of ketones is 1. The zero-order valence-corrected chi connectivity index (χ0v) is 18.7. The third-order valence-electron chi connectivity index (χ3n) is 5.07. The maximum absolute atomic E-state index is 12.7. The first-order chi connectivity index (χ1) is 13.9. The van der Waals surface area contributed by atoms with Crippen molar-refractivity contribution < 1.29 is 9.59 Å². The summed E-state index contributed by atoms with van der Waals surface area (Å²) in [4.78, 5) is 24.7. The lowest BCUT2D eigenvalue weighted by molar-refractivity contribution is -0.118. The van der Waals surface area contributed by atoms with E-state index in [9.17, 15) is 9.59 Å². The van der Waals surface area contributed by atoms with Gasteiger partial charge < -0.3 is 10.6 Å². The highest BCUT2D eigenvalue weighted by molar-refractivity contribution is 7.16. The molecule has 0 aliphatic rings. The number of aryl methyl sites for hydroxylation is 1. The van der Waals surface area contributed by atoms with Gasteiger partial charge in [-0.05, 0) is 61.1 Å².